The second-order valence-electron chi connectivity index (χ2n) is 6.21. The second-order valence-corrected chi connectivity index (χ2v) is 6.21. The molecule has 0 unspecified atom stereocenters. The normalized spacial score (nSPS) is 16.3. The van der Waals surface area contributed by atoms with Gasteiger partial charge in [-0.05, 0) is 31.0 Å². The fraction of sp³-hybridized carbons (Fsp3) is 0.412. The van der Waals surface area contributed by atoms with Crippen LogP contribution in [0.2, 0.25) is 0 Å². The van der Waals surface area contributed by atoms with Crippen molar-refractivity contribution < 1.29 is 9.90 Å². The van der Waals surface area contributed by atoms with Gasteiger partial charge in [0.25, 0.3) is 5.91 Å². The minimum atomic E-state index is -0.454. The summed E-state index contributed by atoms with van der Waals surface area (Å²) in [6.07, 6.45) is 7.36. The van der Waals surface area contributed by atoms with E-state index in [1.165, 1.54) is 0 Å². The minimum absolute atomic E-state index is 0.00757. The Hall–Kier alpha value is -2.34. The molecule has 2 aromatic rings. The van der Waals surface area contributed by atoms with Gasteiger partial charge in [-0.1, -0.05) is 18.9 Å². The van der Waals surface area contributed by atoms with Crippen LogP contribution in [0.3, 0.4) is 0 Å². The predicted octanol–water partition coefficient (Wildman–Crippen LogP) is 2.20. The summed E-state index contributed by atoms with van der Waals surface area (Å²) in [6, 6.07) is 7.33. The number of hydrogen-bond donors (Lipinski definition) is 3. The average Bonchev–Trinajstić information content (AvgIpc) is 3.17. The van der Waals surface area contributed by atoms with Gasteiger partial charge >= 0.3 is 0 Å². The maximum atomic E-state index is 12.5. The summed E-state index contributed by atoms with van der Waals surface area (Å²) in [5, 5.41) is 20.0. The number of anilines is 2. The van der Waals surface area contributed by atoms with E-state index in [4.69, 9.17) is 0 Å². The van der Waals surface area contributed by atoms with E-state index in [0.717, 1.165) is 37.1 Å². The van der Waals surface area contributed by atoms with Crippen LogP contribution in [0.25, 0.3) is 0 Å². The lowest BCUT2D eigenvalue weighted by atomic mass is 9.98. The summed E-state index contributed by atoms with van der Waals surface area (Å²) < 4.78 is 1.71. The van der Waals surface area contributed by atoms with Crippen molar-refractivity contribution in [2.24, 2.45) is 7.05 Å². The molecule has 0 saturated heterocycles. The summed E-state index contributed by atoms with van der Waals surface area (Å²) in [5.41, 5.74) is 1.82. The number of nitrogens with zero attached hydrogens (tertiary/aromatic N) is 2. The topological polar surface area (TPSA) is 79.2 Å². The molecule has 0 atom stereocenters. The van der Waals surface area contributed by atoms with Crippen LogP contribution >= 0.6 is 0 Å². The molecule has 3 N–H and O–H groups in total. The Balaban J connectivity index is 1.72. The van der Waals surface area contributed by atoms with Gasteiger partial charge in [0, 0.05) is 24.5 Å². The number of rotatable bonds is 5. The average molecular weight is 314 g/mol. The number of benzene rings is 1. The van der Waals surface area contributed by atoms with Crippen molar-refractivity contribution >= 4 is 17.3 Å². The van der Waals surface area contributed by atoms with E-state index in [-0.39, 0.29) is 12.5 Å². The first-order chi connectivity index (χ1) is 11.1. The van der Waals surface area contributed by atoms with E-state index in [1.54, 1.807) is 16.9 Å². The summed E-state index contributed by atoms with van der Waals surface area (Å²) >= 11 is 0. The molecule has 1 aliphatic rings. The molecule has 6 nitrogen and oxygen atoms in total. The smallest absolute Gasteiger partial charge is 0.251 e. The van der Waals surface area contributed by atoms with Gasteiger partial charge in [0.1, 0.15) is 0 Å². The number of carbonyl (C=O) groups is 1. The van der Waals surface area contributed by atoms with Crippen molar-refractivity contribution in [1.82, 2.24) is 15.1 Å². The first-order valence-electron chi connectivity index (χ1n) is 7.89. The Labute approximate surface area is 135 Å². The summed E-state index contributed by atoms with van der Waals surface area (Å²) in [6.45, 7) is -0.00757. The number of amides is 1. The third-order valence-electron chi connectivity index (χ3n) is 4.36. The number of aryl methyl sites for hydroxylation is 1. The van der Waals surface area contributed by atoms with E-state index >= 15 is 0 Å². The van der Waals surface area contributed by atoms with E-state index < -0.39 is 5.54 Å². The Morgan fingerprint density at radius 3 is 2.78 bits per heavy atom. The molecule has 1 heterocycles. The number of aliphatic hydroxyl groups is 1. The highest BCUT2D eigenvalue weighted by atomic mass is 16.3. The van der Waals surface area contributed by atoms with Crippen molar-refractivity contribution in [2.45, 2.75) is 31.2 Å². The molecular formula is C17H22N4O2. The van der Waals surface area contributed by atoms with Gasteiger partial charge in [0.15, 0.2) is 0 Å². The molecule has 6 heteroatoms. The molecule has 0 radical (unpaired) electrons. The fourth-order valence-electron chi connectivity index (χ4n) is 3.08. The molecule has 1 aromatic carbocycles. The standard InChI is InChI=1S/C17H22N4O2/c1-21-11-15(10-18-21)19-14-6-4-5-13(9-14)16(23)20-17(12-22)7-2-3-8-17/h4-6,9-11,19,22H,2-3,7-8,12H2,1H3,(H,20,23). The maximum absolute atomic E-state index is 12.5. The van der Waals surface area contributed by atoms with Crippen LogP contribution in [-0.4, -0.2) is 32.9 Å². The number of nitrogens with one attached hydrogen (secondary N) is 2. The summed E-state index contributed by atoms with van der Waals surface area (Å²) in [5.74, 6) is -0.143. The third-order valence-corrected chi connectivity index (χ3v) is 4.36. The SMILES string of the molecule is Cn1cc(Nc2cccc(C(=O)NC3(CO)CCCC3)c2)cn1. The largest absolute Gasteiger partial charge is 0.394 e. The lowest BCUT2D eigenvalue weighted by Crippen LogP contribution is -2.49. The van der Waals surface area contributed by atoms with Gasteiger partial charge in [-0.15, -0.1) is 0 Å². The molecule has 0 spiro atoms. The van der Waals surface area contributed by atoms with Crippen LogP contribution in [0.5, 0.6) is 0 Å². The first-order valence-corrected chi connectivity index (χ1v) is 7.89. The van der Waals surface area contributed by atoms with Crippen molar-refractivity contribution in [1.29, 1.82) is 0 Å². The van der Waals surface area contributed by atoms with Crippen molar-refractivity contribution in [3.05, 3.63) is 42.2 Å². The van der Waals surface area contributed by atoms with Gasteiger partial charge in [0.2, 0.25) is 0 Å². The number of aromatic nitrogens is 2. The van der Waals surface area contributed by atoms with Crippen molar-refractivity contribution in [3.8, 4) is 0 Å². The van der Waals surface area contributed by atoms with Crippen LogP contribution in [0.4, 0.5) is 11.4 Å². The van der Waals surface area contributed by atoms with Crippen LogP contribution < -0.4 is 10.6 Å². The van der Waals surface area contributed by atoms with E-state index in [1.807, 2.05) is 31.4 Å². The van der Waals surface area contributed by atoms with Gasteiger partial charge < -0.3 is 15.7 Å². The van der Waals surface area contributed by atoms with Gasteiger partial charge in [0.05, 0.1) is 24.0 Å². The molecule has 0 aliphatic heterocycles. The molecule has 23 heavy (non-hydrogen) atoms. The molecule has 1 aromatic heterocycles. The highest BCUT2D eigenvalue weighted by Crippen LogP contribution is 2.29. The molecule has 1 aliphatic carbocycles. The zero-order valence-electron chi connectivity index (χ0n) is 13.2. The molecule has 122 valence electrons. The van der Waals surface area contributed by atoms with Gasteiger partial charge in [-0.3, -0.25) is 9.48 Å². The van der Waals surface area contributed by atoms with Gasteiger partial charge in [-0.2, -0.15) is 5.10 Å². The molecule has 0 bridgehead atoms. The number of hydrogen-bond acceptors (Lipinski definition) is 4. The quantitative estimate of drug-likeness (QED) is 0.790. The lowest BCUT2D eigenvalue weighted by molar-refractivity contribution is 0.0838. The van der Waals surface area contributed by atoms with E-state index in [9.17, 15) is 9.90 Å². The first kappa shape index (κ1) is 15.6. The minimum Gasteiger partial charge on any atom is -0.394 e. The Morgan fingerprint density at radius 2 is 2.13 bits per heavy atom. The van der Waals surface area contributed by atoms with Gasteiger partial charge in [-0.25, -0.2) is 0 Å². The number of carbonyl (C=O) groups excluding carboxylic acids is 1. The molecule has 1 saturated carbocycles. The Kier molecular flexibility index (Phi) is 4.34. The Bertz CT molecular complexity index is 689. The van der Waals surface area contributed by atoms with Crippen LogP contribution in [0.15, 0.2) is 36.7 Å². The summed E-state index contributed by atoms with van der Waals surface area (Å²) in [4.78, 5) is 12.5. The number of aliphatic hydroxyl groups excluding tert-OH is 1. The third kappa shape index (κ3) is 3.53. The second kappa shape index (κ2) is 6.42. The molecule has 3 rings (SSSR count). The highest BCUT2D eigenvalue weighted by molar-refractivity contribution is 5.95. The summed E-state index contributed by atoms with van der Waals surface area (Å²) in [7, 11) is 1.85. The van der Waals surface area contributed by atoms with Crippen LogP contribution in [0, 0.1) is 0 Å². The van der Waals surface area contributed by atoms with Crippen molar-refractivity contribution in [2.75, 3.05) is 11.9 Å². The predicted molar refractivity (Wildman–Crippen MR) is 88.7 cm³/mol. The van der Waals surface area contributed by atoms with Crippen LogP contribution in [-0.2, 0) is 7.05 Å². The van der Waals surface area contributed by atoms with Crippen LogP contribution in [0.1, 0.15) is 36.0 Å². The monoisotopic (exact) mass is 314 g/mol. The Morgan fingerprint density at radius 1 is 1.35 bits per heavy atom. The molecule has 1 fully saturated rings. The van der Waals surface area contributed by atoms with E-state index in [2.05, 4.69) is 15.7 Å². The van der Waals surface area contributed by atoms with E-state index in [0.29, 0.717) is 5.56 Å². The zero-order valence-corrected chi connectivity index (χ0v) is 13.2. The molecule has 1 amide bonds. The molecular weight excluding hydrogens is 292 g/mol. The fourth-order valence-corrected chi connectivity index (χ4v) is 3.08. The maximum Gasteiger partial charge on any atom is 0.251 e. The lowest BCUT2D eigenvalue weighted by Gasteiger charge is -2.28. The van der Waals surface area contributed by atoms with Crippen molar-refractivity contribution in [3.63, 3.8) is 0 Å². The zero-order chi connectivity index (χ0) is 16.3. The highest BCUT2D eigenvalue weighted by Gasteiger charge is 2.34.